The SMILES string of the molecule is CC(=O)O[C@@H](C)C[C@](C#N)(c1ccccc1)C(C)C. The first-order valence-corrected chi connectivity index (χ1v) is 6.56. The lowest BCUT2D eigenvalue weighted by Gasteiger charge is -2.33. The van der Waals surface area contributed by atoms with Crippen LogP contribution in [-0.4, -0.2) is 12.1 Å². The van der Waals surface area contributed by atoms with E-state index in [1.165, 1.54) is 6.92 Å². The standard InChI is InChI=1S/C16H21NO2/c1-12(2)16(11-17,10-13(3)19-14(4)18)15-8-6-5-7-9-15/h5-9,12-13H,10H2,1-4H3/t13-,16+/m0/s1. The van der Waals surface area contributed by atoms with E-state index in [1.54, 1.807) is 0 Å². The van der Waals surface area contributed by atoms with Crippen molar-refractivity contribution in [1.29, 1.82) is 5.26 Å². The Labute approximate surface area is 115 Å². The van der Waals surface area contributed by atoms with E-state index in [1.807, 2.05) is 51.1 Å². The van der Waals surface area contributed by atoms with Crippen molar-refractivity contribution in [2.24, 2.45) is 5.92 Å². The Morgan fingerprint density at radius 1 is 1.32 bits per heavy atom. The quantitative estimate of drug-likeness (QED) is 0.761. The molecule has 102 valence electrons. The Hall–Kier alpha value is -1.82. The van der Waals surface area contributed by atoms with Gasteiger partial charge in [0.25, 0.3) is 0 Å². The molecule has 0 heterocycles. The molecule has 0 spiro atoms. The van der Waals surface area contributed by atoms with Gasteiger partial charge in [-0.05, 0) is 18.4 Å². The minimum atomic E-state index is -0.629. The Kier molecular flexibility index (Phi) is 5.11. The van der Waals surface area contributed by atoms with Gasteiger partial charge in [0.15, 0.2) is 0 Å². The number of nitrogens with zero attached hydrogens (tertiary/aromatic N) is 1. The zero-order valence-corrected chi connectivity index (χ0v) is 12.0. The van der Waals surface area contributed by atoms with Crippen LogP contribution in [0.3, 0.4) is 0 Å². The molecule has 3 nitrogen and oxygen atoms in total. The highest BCUT2D eigenvalue weighted by Crippen LogP contribution is 2.36. The number of benzene rings is 1. The third-order valence-corrected chi connectivity index (χ3v) is 3.45. The fourth-order valence-corrected chi connectivity index (χ4v) is 2.44. The lowest BCUT2D eigenvalue weighted by atomic mass is 9.69. The summed E-state index contributed by atoms with van der Waals surface area (Å²) in [4.78, 5) is 11.0. The maximum atomic E-state index is 11.0. The summed E-state index contributed by atoms with van der Waals surface area (Å²) in [5.74, 6) is -0.172. The lowest BCUT2D eigenvalue weighted by Crippen LogP contribution is -2.35. The van der Waals surface area contributed by atoms with Crippen LogP contribution in [0.15, 0.2) is 30.3 Å². The molecular weight excluding hydrogens is 238 g/mol. The predicted molar refractivity (Wildman–Crippen MR) is 74.4 cm³/mol. The van der Waals surface area contributed by atoms with Crippen molar-refractivity contribution in [2.75, 3.05) is 0 Å². The van der Waals surface area contributed by atoms with Crippen LogP contribution in [0.2, 0.25) is 0 Å². The molecular formula is C16H21NO2. The van der Waals surface area contributed by atoms with Crippen LogP contribution < -0.4 is 0 Å². The van der Waals surface area contributed by atoms with E-state index in [2.05, 4.69) is 6.07 Å². The van der Waals surface area contributed by atoms with Crippen molar-refractivity contribution >= 4 is 5.97 Å². The largest absolute Gasteiger partial charge is 0.463 e. The van der Waals surface area contributed by atoms with Crippen LogP contribution in [-0.2, 0) is 14.9 Å². The Bertz CT molecular complexity index is 461. The maximum absolute atomic E-state index is 11.0. The summed E-state index contributed by atoms with van der Waals surface area (Å²) in [6.07, 6.45) is 0.227. The molecule has 0 amide bonds. The molecule has 1 aromatic rings. The van der Waals surface area contributed by atoms with Crippen LogP contribution in [0.4, 0.5) is 0 Å². The van der Waals surface area contributed by atoms with Gasteiger partial charge in [0.2, 0.25) is 0 Å². The van der Waals surface area contributed by atoms with Crippen molar-refractivity contribution in [3.8, 4) is 6.07 Å². The topological polar surface area (TPSA) is 50.1 Å². The summed E-state index contributed by atoms with van der Waals surface area (Å²) < 4.78 is 5.19. The molecule has 0 N–H and O–H groups in total. The summed E-state index contributed by atoms with van der Waals surface area (Å²) in [7, 11) is 0. The molecule has 0 radical (unpaired) electrons. The van der Waals surface area contributed by atoms with Gasteiger partial charge in [0.1, 0.15) is 6.10 Å². The van der Waals surface area contributed by atoms with Crippen molar-refractivity contribution in [2.45, 2.75) is 45.6 Å². The fourth-order valence-electron chi connectivity index (χ4n) is 2.44. The highest BCUT2D eigenvalue weighted by molar-refractivity contribution is 5.66. The Morgan fingerprint density at radius 2 is 1.89 bits per heavy atom. The van der Waals surface area contributed by atoms with Gasteiger partial charge in [-0.25, -0.2) is 0 Å². The Balaban J connectivity index is 3.08. The summed E-state index contributed by atoms with van der Waals surface area (Å²) in [5.41, 5.74) is 0.349. The molecule has 1 aromatic carbocycles. The minimum absolute atomic E-state index is 0.137. The number of esters is 1. The molecule has 0 bridgehead atoms. The summed E-state index contributed by atoms with van der Waals surface area (Å²) in [6, 6.07) is 12.2. The normalized spacial score (nSPS) is 15.4. The number of nitriles is 1. The molecule has 0 saturated carbocycles. The lowest BCUT2D eigenvalue weighted by molar-refractivity contribution is -0.146. The second-order valence-corrected chi connectivity index (χ2v) is 5.23. The molecule has 0 aromatic heterocycles. The number of carbonyl (C=O) groups excluding carboxylic acids is 1. The molecule has 0 aliphatic heterocycles. The van der Waals surface area contributed by atoms with E-state index in [9.17, 15) is 10.1 Å². The van der Waals surface area contributed by atoms with Gasteiger partial charge in [-0.1, -0.05) is 44.2 Å². The van der Waals surface area contributed by atoms with E-state index in [0.717, 1.165) is 5.56 Å². The van der Waals surface area contributed by atoms with Gasteiger partial charge in [0.05, 0.1) is 11.5 Å². The highest BCUT2D eigenvalue weighted by Gasteiger charge is 2.38. The molecule has 19 heavy (non-hydrogen) atoms. The summed E-state index contributed by atoms with van der Waals surface area (Å²) >= 11 is 0. The first-order chi connectivity index (χ1) is 8.92. The first-order valence-electron chi connectivity index (χ1n) is 6.56. The molecule has 2 atom stereocenters. The molecule has 1 rings (SSSR count). The van der Waals surface area contributed by atoms with Gasteiger partial charge < -0.3 is 4.74 Å². The van der Waals surface area contributed by atoms with Crippen LogP contribution >= 0.6 is 0 Å². The Morgan fingerprint density at radius 3 is 2.32 bits per heavy atom. The first kappa shape index (κ1) is 15.2. The van der Waals surface area contributed by atoms with Gasteiger partial charge in [-0.3, -0.25) is 4.79 Å². The number of rotatable bonds is 5. The molecule has 3 heteroatoms. The van der Waals surface area contributed by atoms with Crippen molar-refractivity contribution in [3.05, 3.63) is 35.9 Å². The molecule has 0 saturated heterocycles. The monoisotopic (exact) mass is 259 g/mol. The second-order valence-electron chi connectivity index (χ2n) is 5.23. The number of ether oxygens (including phenoxy) is 1. The van der Waals surface area contributed by atoms with Gasteiger partial charge >= 0.3 is 5.97 Å². The third-order valence-electron chi connectivity index (χ3n) is 3.45. The fraction of sp³-hybridized carbons (Fsp3) is 0.500. The molecule has 0 unspecified atom stereocenters. The van der Waals surface area contributed by atoms with E-state index >= 15 is 0 Å². The molecule has 0 aliphatic carbocycles. The zero-order valence-electron chi connectivity index (χ0n) is 12.0. The van der Waals surface area contributed by atoms with Gasteiger partial charge in [-0.15, -0.1) is 0 Å². The molecule has 0 fully saturated rings. The van der Waals surface area contributed by atoms with Crippen LogP contribution in [0.5, 0.6) is 0 Å². The van der Waals surface area contributed by atoms with E-state index in [-0.39, 0.29) is 18.0 Å². The number of hydrogen-bond acceptors (Lipinski definition) is 3. The average Bonchev–Trinajstić information content (AvgIpc) is 2.35. The summed E-state index contributed by atoms with van der Waals surface area (Å²) in [6.45, 7) is 7.27. The van der Waals surface area contributed by atoms with E-state index in [0.29, 0.717) is 6.42 Å². The van der Waals surface area contributed by atoms with E-state index < -0.39 is 5.41 Å². The van der Waals surface area contributed by atoms with E-state index in [4.69, 9.17) is 4.74 Å². The maximum Gasteiger partial charge on any atom is 0.302 e. The van der Waals surface area contributed by atoms with Crippen molar-refractivity contribution in [3.63, 3.8) is 0 Å². The van der Waals surface area contributed by atoms with Crippen molar-refractivity contribution < 1.29 is 9.53 Å². The van der Waals surface area contributed by atoms with Crippen LogP contribution in [0.1, 0.15) is 39.7 Å². The van der Waals surface area contributed by atoms with Crippen LogP contribution in [0, 0.1) is 17.2 Å². The minimum Gasteiger partial charge on any atom is -0.463 e. The third kappa shape index (κ3) is 3.57. The second kappa shape index (κ2) is 6.38. The zero-order chi connectivity index (χ0) is 14.5. The number of carbonyl (C=O) groups is 1. The highest BCUT2D eigenvalue weighted by atomic mass is 16.5. The number of hydrogen-bond donors (Lipinski definition) is 0. The average molecular weight is 259 g/mol. The van der Waals surface area contributed by atoms with Crippen molar-refractivity contribution in [1.82, 2.24) is 0 Å². The van der Waals surface area contributed by atoms with Gasteiger partial charge in [0, 0.05) is 13.3 Å². The summed E-state index contributed by atoms with van der Waals surface area (Å²) in [5, 5.41) is 9.69. The van der Waals surface area contributed by atoms with Crippen LogP contribution in [0.25, 0.3) is 0 Å². The predicted octanol–water partition coefficient (Wildman–Crippen LogP) is 3.45. The smallest absolute Gasteiger partial charge is 0.302 e. The van der Waals surface area contributed by atoms with Gasteiger partial charge in [-0.2, -0.15) is 5.26 Å². The molecule has 0 aliphatic rings.